The van der Waals surface area contributed by atoms with Gasteiger partial charge >= 0.3 is 0 Å². The highest BCUT2D eigenvalue weighted by molar-refractivity contribution is 6.31. The molecule has 1 aromatic heterocycles. The lowest BCUT2D eigenvalue weighted by Crippen LogP contribution is -2.42. The van der Waals surface area contributed by atoms with Crippen LogP contribution in [-0.2, 0) is 0 Å². The van der Waals surface area contributed by atoms with Crippen LogP contribution in [-0.4, -0.2) is 45.0 Å². The summed E-state index contributed by atoms with van der Waals surface area (Å²) in [4.78, 5) is 14.4. The van der Waals surface area contributed by atoms with Crippen LogP contribution in [0.3, 0.4) is 0 Å². The summed E-state index contributed by atoms with van der Waals surface area (Å²) in [5.41, 5.74) is 0. The van der Waals surface area contributed by atoms with E-state index >= 15 is 0 Å². The molecular formula is C11H15Cl2N5. The van der Waals surface area contributed by atoms with Gasteiger partial charge in [-0.1, -0.05) is 6.42 Å². The van der Waals surface area contributed by atoms with Crippen molar-refractivity contribution in [3.8, 4) is 0 Å². The maximum Gasteiger partial charge on any atom is 0.228 e. The molecule has 0 radical (unpaired) electrons. The summed E-state index contributed by atoms with van der Waals surface area (Å²) < 4.78 is 0. The van der Waals surface area contributed by atoms with E-state index < -0.39 is 0 Å². The van der Waals surface area contributed by atoms with Crippen molar-refractivity contribution in [1.29, 1.82) is 0 Å². The zero-order valence-corrected chi connectivity index (χ0v) is 11.5. The minimum absolute atomic E-state index is 0.135. The number of anilines is 1. The van der Waals surface area contributed by atoms with Gasteiger partial charge in [-0.3, -0.25) is 4.90 Å². The maximum absolute atomic E-state index is 5.78. The van der Waals surface area contributed by atoms with Gasteiger partial charge in [0.1, 0.15) is 0 Å². The predicted octanol–water partition coefficient (Wildman–Crippen LogP) is 2.22. The Hall–Kier alpha value is -0.650. The average molecular weight is 288 g/mol. The molecule has 7 heteroatoms. The van der Waals surface area contributed by atoms with E-state index in [1.165, 1.54) is 25.8 Å². The molecule has 18 heavy (non-hydrogen) atoms. The number of rotatable bonds is 2. The highest BCUT2D eigenvalue weighted by Gasteiger charge is 2.35. The molecule has 0 saturated carbocycles. The lowest BCUT2D eigenvalue weighted by atomic mass is 9.99. The molecule has 98 valence electrons. The summed E-state index contributed by atoms with van der Waals surface area (Å²) in [6.45, 7) is 2.36. The highest BCUT2D eigenvalue weighted by atomic mass is 35.5. The van der Waals surface area contributed by atoms with Crippen LogP contribution in [0.4, 0.5) is 5.95 Å². The lowest BCUT2D eigenvalue weighted by molar-refractivity contribution is 0.192. The third-order valence-electron chi connectivity index (χ3n) is 3.75. The van der Waals surface area contributed by atoms with Crippen LogP contribution < -0.4 is 5.32 Å². The van der Waals surface area contributed by atoms with Crippen LogP contribution in [0.5, 0.6) is 0 Å². The first kappa shape index (κ1) is 12.4. The molecule has 0 aliphatic carbocycles. The first-order valence-electron chi connectivity index (χ1n) is 6.30. The topological polar surface area (TPSA) is 53.9 Å². The molecule has 2 fully saturated rings. The number of nitrogens with one attached hydrogen (secondary N) is 1. The van der Waals surface area contributed by atoms with Crippen molar-refractivity contribution in [3.05, 3.63) is 10.6 Å². The Morgan fingerprint density at radius 3 is 2.56 bits per heavy atom. The number of piperidine rings is 1. The van der Waals surface area contributed by atoms with Crippen molar-refractivity contribution in [2.45, 2.75) is 37.8 Å². The van der Waals surface area contributed by atoms with Crippen molar-refractivity contribution >= 4 is 29.2 Å². The fraction of sp³-hybridized carbons (Fsp3) is 0.727. The van der Waals surface area contributed by atoms with Crippen molar-refractivity contribution in [2.75, 3.05) is 18.4 Å². The molecule has 2 atom stereocenters. The molecule has 1 N–H and O–H groups in total. The van der Waals surface area contributed by atoms with E-state index in [1.807, 2.05) is 0 Å². The largest absolute Gasteiger partial charge is 0.350 e. The van der Waals surface area contributed by atoms with Gasteiger partial charge in [-0.2, -0.15) is 15.0 Å². The van der Waals surface area contributed by atoms with E-state index in [4.69, 9.17) is 23.2 Å². The number of hydrogen-bond acceptors (Lipinski definition) is 5. The molecule has 3 heterocycles. The van der Waals surface area contributed by atoms with Crippen LogP contribution in [0.15, 0.2) is 0 Å². The van der Waals surface area contributed by atoms with E-state index in [9.17, 15) is 0 Å². The zero-order chi connectivity index (χ0) is 12.5. The Bertz CT molecular complexity index is 421. The van der Waals surface area contributed by atoms with Crippen LogP contribution in [0.1, 0.15) is 25.7 Å². The number of nitrogens with zero attached hydrogens (tertiary/aromatic N) is 4. The smallest absolute Gasteiger partial charge is 0.228 e. The van der Waals surface area contributed by atoms with Gasteiger partial charge in [0, 0.05) is 18.6 Å². The molecule has 2 saturated heterocycles. The number of halogens is 2. The van der Waals surface area contributed by atoms with Gasteiger partial charge in [-0.25, -0.2) is 0 Å². The summed E-state index contributed by atoms with van der Waals surface area (Å²) >= 11 is 11.6. The Balaban J connectivity index is 1.72. The van der Waals surface area contributed by atoms with E-state index in [2.05, 4.69) is 25.2 Å². The first-order chi connectivity index (χ1) is 8.72. The van der Waals surface area contributed by atoms with Crippen LogP contribution in [0, 0.1) is 0 Å². The molecule has 5 nitrogen and oxygen atoms in total. The van der Waals surface area contributed by atoms with Gasteiger partial charge in [0.25, 0.3) is 0 Å². The van der Waals surface area contributed by atoms with Gasteiger partial charge in [0.05, 0.1) is 0 Å². The predicted molar refractivity (Wildman–Crippen MR) is 71.1 cm³/mol. The van der Waals surface area contributed by atoms with Gasteiger partial charge in [0.2, 0.25) is 16.5 Å². The normalized spacial score (nSPS) is 28.1. The molecule has 0 aromatic carbocycles. The van der Waals surface area contributed by atoms with Crippen LogP contribution >= 0.6 is 23.2 Å². The van der Waals surface area contributed by atoms with E-state index in [0.29, 0.717) is 18.0 Å². The third kappa shape index (κ3) is 2.53. The minimum atomic E-state index is 0.135. The lowest BCUT2D eigenvalue weighted by Gasteiger charge is -2.32. The molecule has 2 aliphatic heterocycles. The van der Waals surface area contributed by atoms with Gasteiger partial charge in [0.15, 0.2) is 0 Å². The number of aromatic nitrogens is 3. The fourth-order valence-corrected chi connectivity index (χ4v) is 3.34. The Labute approximate surface area is 116 Å². The van der Waals surface area contributed by atoms with Crippen molar-refractivity contribution in [1.82, 2.24) is 19.9 Å². The van der Waals surface area contributed by atoms with Crippen molar-refractivity contribution in [3.63, 3.8) is 0 Å². The van der Waals surface area contributed by atoms with Gasteiger partial charge in [-0.15, -0.1) is 0 Å². The second-order valence-corrected chi connectivity index (χ2v) is 5.51. The van der Waals surface area contributed by atoms with Crippen LogP contribution in [0.2, 0.25) is 10.6 Å². The number of hydrogen-bond donors (Lipinski definition) is 1. The second-order valence-electron chi connectivity index (χ2n) is 4.84. The molecule has 1 aromatic rings. The van der Waals surface area contributed by atoms with Crippen molar-refractivity contribution < 1.29 is 0 Å². The van der Waals surface area contributed by atoms with E-state index in [1.54, 1.807) is 0 Å². The maximum atomic E-state index is 5.78. The monoisotopic (exact) mass is 287 g/mol. The Morgan fingerprint density at radius 2 is 1.78 bits per heavy atom. The summed E-state index contributed by atoms with van der Waals surface area (Å²) in [7, 11) is 0. The first-order valence-corrected chi connectivity index (χ1v) is 7.05. The average Bonchev–Trinajstić information content (AvgIpc) is 2.72. The second kappa shape index (κ2) is 5.15. The van der Waals surface area contributed by atoms with Crippen molar-refractivity contribution in [2.24, 2.45) is 0 Å². The summed E-state index contributed by atoms with van der Waals surface area (Å²) in [6, 6.07) is 0.980. The Morgan fingerprint density at radius 1 is 1.00 bits per heavy atom. The van der Waals surface area contributed by atoms with Crippen LogP contribution in [0.25, 0.3) is 0 Å². The molecule has 3 rings (SSSR count). The molecule has 0 bridgehead atoms. The van der Waals surface area contributed by atoms with Gasteiger partial charge in [-0.05, 0) is 49.0 Å². The highest BCUT2D eigenvalue weighted by Crippen LogP contribution is 2.28. The van der Waals surface area contributed by atoms with E-state index in [0.717, 1.165) is 13.0 Å². The summed E-state index contributed by atoms with van der Waals surface area (Å²) in [6.07, 6.45) is 4.97. The van der Waals surface area contributed by atoms with Gasteiger partial charge < -0.3 is 5.32 Å². The van der Waals surface area contributed by atoms with E-state index in [-0.39, 0.29) is 10.6 Å². The Kier molecular flexibility index (Phi) is 3.54. The summed E-state index contributed by atoms with van der Waals surface area (Å²) in [5.74, 6) is 0.484. The molecule has 0 amide bonds. The molecular weight excluding hydrogens is 273 g/mol. The zero-order valence-electron chi connectivity index (χ0n) is 9.94. The molecule has 2 aliphatic rings. The quantitative estimate of drug-likeness (QED) is 0.904. The summed E-state index contributed by atoms with van der Waals surface area (Å²) in [5, 5.41) is 3.62. The molecule has 2 unspecified atom stereocenters. The third-order valence-corrected chi connectivity index (χ3v) is 4.09. The standard InChI is InChI=1S/C11H15Cl2N5/c12-9-15-10(13)17-11(16-9)14-7-4-6-18-5-2-1-3-8(7)18/h7-8H,1-6H2,(H,14,15,16,17). The minimum Gasteiger partial charge on any atom is -0.350 e. The fourth-order valence-electron chi connectivity index (χ4n) is 2.97. The molecule has 0 spiro atoms. The number of fused-ring (bicyclic) bond motifs is 1. The SMILES string of the molecule is Clc1nc(Cl)nc(NC2CCN3CCCCC23)n1.